The van der Waals surface area contributed by atoms with E-state index in [1.54, 1.807) is 0 Å². The lowest BCUT2D eigenvalue weighted by atomic mass is 10.1. The first-order valence-electron chi connectivity index (χ1n) is 6.24. The molecular formula is C14H20ClNO. The number of amides is 1. The molecule has 1 rings (SSSR count). The molecule has 0 aliphatic carbocycles. The van der Waals surface area contributed by atoms with Crippen molar-refractivity contribution in [1.82, 2.24) is 0 Å². The van der Waals surface area contributed by atoms with Crippen LogP contribution >= 0.6 is 11.6 Å². The second-order valence-electron chi connectivity index (χ2n) is 4.17. The minimum atomic E-state index is -0.424. The topological polar surface area (TPSA) is 29.1 Å². The van der Waals surface area contributed by atoms with E-state index >= 15 is 0 Å². The van der Waals surface area contributed by atoms with Gasteiger partial charge >= 0.3 is 0 Å². The van der Waals surface area contributed by atoms with Gasteiger partial charge in [-0.15, -0.1) is 11.6 Å². The highest BCUT2D eigenvalue weighted by Gasteiger charge is 2.14. The van der Waals surface area contributed by atoms with Gasteiger partial charge in [0.1, 0.15) is 5.38 Å². The number of nitrogens with one attached hydrogen (secondary N) is 1. The van der Waals surface area contributed by atoms with E-state index in [1.165, 1.54) is 12.8 Å². The van der Waals surface area contributed by atoms with Crippen LogP contribution in [0.4, 0.5) is 5.69 Å². The molecule has 17 heavy (non-hydrogen) atoms. The van der Waals surface area contributed by atoms with Gasteiger partial charge in [0.15, 0.2) is 0 Å². The maximum Gasteiger partial charge on any atom is 0.242 e. The Morgan fingerprint density at radius 1 is 1.24 bits per heavy atom. The molecule has 0 fully saturated rings. The summed E-state index contributed by atoms with van der Waals surface area (Å²) in [7, 11) is 0. The number of carbonyl (C=O) groups excluding carboxylic acids is 1. The molecular weight excluding hydrogens is 234 g/mol. The Hall–Kier alpha value is -1.02. The largest absolute Gasteiger partial charge is 0.325 e. The van der Waals surface area contributed by atoms with Gasteiger partial charge in [0.05, 0.1) is 0 Å². The molecule has 94 valence electrons. The van der Waals surface area contributed by atoms with E-state index in [9.17, 15) is 4.79 Å². The zero-order valence-corrected chi connectivity index (χ0v) is 11.0. The molecule has 0 bridgehead atoms. The summed E-state index contributed by atoms with van der Waals surface area (Å²) in [4.78, 5) is 11.7. The fourth-order valence-electron chi connectivity index (χ4n) is 1.62. The summed E-state index contributed by atoms with van der Waals surface area (Å²) in [5.41, 5.74) is 0.803. The summed E-state index contributed by atoms with van der Waals surface area (Å²) in [6.07, 6.45) is 5.33. The standard InChI is InChI=1S/C14H20ClNO/c1-2-3-4-8-11-13(15)14(17)16-12-9-6-5-7-10-12/h5-7,9-10,13H,2-4,8,11H2,1H3,(H,16,17). The van der Waals surface area contributed by atoms with Gasteiger partial charge in [-0.3, -0.25) is 4.79 Å². The Balaban J connectivity index is 2.27. The van der Waals surface area contributed by atoms with Gasteiger partial charge in [0.2, 0.25) is 5.91 Å². The molecule has 0 aliphatic heterocycles. The van der Waals surface area contributed by atoms with Crippen molar-refractivity contribution in [2.24, 2.45) is 0 Å². The molecule has 1 unspecified atom stereocenters. The zero-order valence-electron chi connectivity index (χ0n) is 10.3. The van der Waals surface area contributed by atoms with Crippen LogP contribution in [0.2, 0.25) is 0 Å². The first-order chi connectivity index (χ1) is 8.24. The van der Waals surface area contributed by atoms with Gasteiger partial charge in [-0.2, -0.15) is 0 Å². The number of anilines is 1. The van der Waals surface area contributed by atoms with Crippen LogP contribution in [-0.4, -0.2) is 11.3 Å². The van der Waals surface area contributed by atoms with Crippen LogP contribution in [-0.2, 0) is 4.79 Å². The first-order valence-corrected chi connectivity index (χ1v) is 6.67. The number of benzene rings is 1. The summed E-state index contributed by atoms with van der Waals surface area (Å²) in [5.74, 6) is -0.102. The first kappa shape index (κ1) is 14.0. The Morgan fingerprint density at radius 3 is 2.59 bits per heavy atom. The predicted octanol–water partition coefficient (Wildman–Crippen LogP) is 4.20. The van der Waals surface area contributed by atoms with Crippen molar-refractivity contribution in [1.29, 1.82) is 0 Å². The van der Waals surface area contributed by atoms with Gasteiger partial charge in [-0.05, 0) is 18.6 Å². The monoisotopic (exact) mass is 253 g/mol. The summed E-state index contributed by atoms with van der Waals surface area (Å²) >= 11 is 6.05. The third-order valence-electron chi connectivity index (χ3n) is 2.64. The summed E-state index contributed by atoms with van der Waals surface area (Å²) in [5, 5.41) is 2.39. The number of unbranched alkanes of at least 4 members (excludes halogenated alkanes) is 3. The minimum Gasteiger partial charge on any atom is -0.325 e. The van der Waals surface area contributed by atoms with E-state index in [0.29, 0.717) is 0 Å². The van der Waals surface area contributed by atoms with E-state index in [1.807, 2.05) is 30.3 Å². The van der Waals surface area contributed by atoms with Crippen molar-refractivity contribution in [3.8, 4) is 0 Å². The lowest BCUT2D eigenvalue weighted by Gasteiger charge is -2.10. The molecule has 0 spiro atoms. The van der Waals surface area contributed by atoms with Gasteiger partial charge in [0, 0.05) is 5.69 Å². The van der Waals surface area contributed by atoms with Gasteiger partial charge in [-0.25, -0.2) is 0 Å². The molecule has 0 aliphatic rings. The molecule has 1 atom stereocenters. The number of rotatable bonds is 7. The van der Waals surface area contributed by atoms with Crippen LogP contribution in [0.1, 0.15) is 39.0 Å². The molecule has 1 aromatic carbocycles. The molecule has 0 heterocycles. The Labute approximate surface area is 108 Å². The number of para-hydroxylation sites is 1. The van der Waals surface area contributed by atoms with E-state index in [4.69, 9.17) is 11.6 Å². The second-order valence-corrected chi connectivity index (χ2v) is 4.70. The van der Waals surface area contributed by atoms with Crippen LogP contribution in [0.25, 0.3) is 0 Å². The number of alkyl halides is 1. The highest BCUT2D eigenvalue weighted by Crippen LogP contribution is 2.13. The number of halogens is 1. The summed E-state index contributed by atoms with van der Waals surface area (Å²) in [6.45, 7) is 2.17. The lowest BCUT2D eigenvalue weighted by Crippen LogP contribution is -2.23. The normalized spacial score (nSPS) is 12.1. The maximum atomic E-state index is 11.7. The maximum absolute atomic E-state index is 11.7. The molecule has 0 radical (unpaired) electrons. The van der Waals surface area contributed by atoms with E-state index < -0.39 is 5.38 Å². The van der Waals surface area contributed by atoms with Crippen molar-refractivity contribution < 1.29 is 4.79 Å². The highest BCUT2D eigenvalue weighted by atomic mass is 35.5. The fourth-order valence-corrected chi connectivity index (χ4v) is 1.83. The average molecular weight is 254 g/mol. The van der Waals surface area contributed by atoms with E-state index in [-0.39, 0.29) is 5.91 Å². The molecule has 1 amide bonds. The SMILES string of the molecule is CCCCCCC(Cl)C(=O)Nc1ccccc1. The van der Waals surface area contributed by atoms with Crippen LogP contribution in [0.3, 0.4) is 0 Å². The number of carbonyl (C=O) groups is 1. The second kappa shape index (κ2) is 8.13. The third-order valence-corrected chi connectivity index (χ3v) is 3.05. The van der Waals surface area contributed by atoms with Crippen molar-refractivity contribution in [3.05, 3.63) is 30.3 Å². The van der Waals surface area contributed by atoms with Crippen LogP contribution in [0.15, 0.2) is 30.3 Å². The quantitative estimate of drug-likeness (QED) is 0.573. The smallest absolute Gasteiger partial charge is 0.242 e. The molecule has 0 aromatic heterocycles. The molecule has 3 heteroatoms. The minimum absolute atomic E-state index is 0.102. The van der Waals surface area contributed by atoms with Gasteiger partial charge in [-0.1, -0.05) is 50.8 Å². The fraction of sp³-hybridized carbons (Fsp3) is 0.500. The zero-order chi connectivity index (χ0) is 12.5. The highest BCUT2D eigenvalue weighted by molar-refractivity contribution is 6.32. The van der Waals surface area contributed by atoms with E-state index in [0.717, 1.165) is 24.9 Å². The number of hydrogen-bond acceptors (Lipinski definition) is 1. The average Bonchev–Trinajstić information content (AvgIpc) is 2.35. The van der Waals surface area contributed by atoms with Crippen molar-refractivity contribution in [3.63, 3.8) is 0 Å². The third kappa shape index (κ3) is 5.73. The van der Waals surface area contributed by atoms with Gasteiger partial charge in [0.25, 0.3) is 0 Å². The summed E-state index contributed by atoms with van der Waals surface area (Å²) in [6, 6.07) is 9.41. The van der Waals surface area contributed by atoms with E-state index in [2.05, 4.69) is 12.2 Å². The molecule has 1 aromatic rings. The molecule has 0 saturated carbocycles. The Morgan fingerprint density at radius 2 is 1.94 bits per heavy atom. The van der Waals surface area contributed by atoms with Crippen LogP contribution in [0.5, 0.6) is 0 Å². The van der Waals surface area contributed by atoms with Crippen LogP contribution in [0, 0.1) is 0 Å². The van der Waals surface area contributed by atoms with Gasteiger partial charge < -0.3 is 5.32 Å². The Kier molecular flexibility index (Phi) is 6.71. The predicted molar refractivity (Wildman–Crippen MR) is 73.5 cm³/mol. The Bertz CT molecular complexity index is 326. The van der Waals surface area contributed by atoms with Crippen molar-refractivity contribution in [2.75, 3.05) is 5.32 Å². The van der Waals surface area contributed by atoms with Crippen molar-refractivity contribution >= 4 is 23.2 Å². The summed E-state index contributed by atoms with van der Waals surface area (Å²) < 4.78 is 0. The van der Waals surface area contributed by atoms with Crippen molar-refractivity contribution in [2.45, 2.75) is 44.4 Å². The van der Waals surface area contributed by atoms with Crippen LogP contribution < -0.4 is 5.32 Å². The molecule has 0 saturated heterocycles. The lowest BCUT2D eigenvalue weighted by molar-refractivity contribution is -0.116. The number of hydrogen-bond donors (Lipinski definition) is 1. The molecule has 2 nitrogen and oxygen atoms in total. The molecule has 1 N–H and O–H groups in total.